The van der Waals surface area contributed by atoms with Crippen LogP contribution in [0.25, 0.3) is 10.9 Å². The lowest BCUT2D eigenvalue weighted by molar-refractivity contribution is 0.0872. The van der Waals surface area contributed by atoms with Crippen molar-refractivity contribution < 1.29 is 4.79 Å². The van der Waals surface area contributed by atoms with Crippen molar-refractivity contribution in [3.8, 4) is 0 Å². The minimum Gasteiger partial charge on any atom is -0.329 e. The van der Waals surface area contributed by atoms with E-state index in [0.29, 0.717) is 0 Å². The van der Waals surface area contributed by atoms with Gasteiger partial charge in [0.2, 0.25) is 0 Å². The first-order valence-corrected chi connectivity index (χ1v) is 10.3. The van der Waals surface area contributed by atoms with Crippen molar-refractivity contribution in [2.75, 3.05) is 11.4 Å². The lowest BCUT2D eigenvalue weighted by Gasteiger charge is -2.43. The SMILES string of the molecule is CCc1cc2c(s1)C(=O)[C@]1(C)CCCN(c3ccc4ncccc4c3)C1=N2. The predicted octanol–water partition coefficient (Wildman–Crippen LogP) is 5.39. The second-order valence-corrected chi connectivity index (χ2v) is 8.65. The molecule has 27 heavy (non-hydrogen) atoms. The van der Waals surface area contributed by atoms with Crippen LogP contribution < -0.4 is 4.90 Å². The molecule has 1 aromatic carbocycles. The van der Waals surface area contributed by atoms with Crippen LogP contribution in [0.3, 0.4) is 0 Å². The van der Waals surface area contributed by atoms with Crippen molar-refractivity contribution in [2.24, 2.45) is 10.4 Å². The first-order valence-electron chi connectivity index (χ1n) is 9.49. The van der Waals surface area contributed by atoms with Gasteiger partial charge in [-0.3, -0.25) is 9.78 Å². The highest BCUT2D eigenvalue weighted by atomic mass is 32.1. The van der Waals surface area contributed by atoms with E-state index in [1.54, 1.807) is 11.3 Å². The number of ketones is 1. The Morgan fingerprint density at radius 3 is 3.00 bits per heavy atom. The van der Waals surface area contributed by atoms with Crippen molar-refractivity contribution in [1.82, 2.24) is 4.98 Å². The Bertz CT molecular complexity index is 1100. The third kappa shape index (κ3) is 2.45. The van der Waals surface area contributed by atoms with Gasteiger partial charge in [0.05, 0.1) is 21.5 Å². The predicted molar refractivity (Wildman–Crippen MR) is 112 cm³/mol. The van der Waals surface area contributed by atoms with Crippen LogP contribution in [-0.4, -0.2) is 23.1 Å². The molecule has 2 aliphatic rings. The Morgan fingerprint density at radius 2 is 2.15 bits per heavy atom. The van der Waals surface area contributed by atoms with Crippen LogP contribution in [0, 0.1) is 5.41 Å². The Hall–Kier alpha value is -2.53. The molecule has 0 radical (unpaired) electrons. The molecular weight excluding hydrogens is 354 g/mol. The molecule has 0 N–H and O–H groups in total. The molecule has 2 aliphatic heterocycles. The Morgan fingerprint density at radius 1 is 1.26 bits per heavy atom. The third-order valence-corrected chi connectivity index (χ3v) is 7.02. The number of aromatic nitrogens is 1. The van der Waals surface area contributed by atoms with E-state index in [0.717, 1.165) is 58.8 Å². The zero-order valence-electron chi connectivity index (χ0n) is 15.5. The summed E-state index contributed by atoms with van der Waals surface area (Å²) in [5.74, 6) is 1.13. The van der Waals surface area contributed by atoms with Crippen molar-refractivity contribution in [3.05, 3.63) is 52.3 Å². The molecule has 0 spiro atoms. The van der Waals surface area contributed by atoms with Gasteiger partial charge >= 0.3 is 0 Å². The maximum atomic E-state index is 13.4. The highest BCUT2D eigenvalue weighted by Crippen LogP contribution is 2.46. The molecule has 0 bridgehead atoms. The summed E-state index contributed by atoms with van der Waals surface area (Å²) in [5.41, 5.74) is 2.38. The number of Topliss-reactive ketones (excluding diaryl/α,β-unsaturated/α-hetero) is 1. The molecule has 2 aromatic heterocycles. The van der Waals surface area contributed by atoms with Crippen molar-refractivity contribution in [2.45, 2.75) is 33.1 Å². The van der Waals surface area contributed by atoms with Crippen LogP contribution in [0.15, 0.2) is 47.6 Å². The molecular formula is C22H21N3OS. The van der Waals surface area contributed by atoms with E-state index in [4.69, 9.17) is 4.99 Å². The first kappa shape index (κ1) is 16.6. The van der Waals surface area contributed by atoms with Crippen LogP contribution in [0.2, 0.25) is 0 Å². The van der Waals surface area contributed by atoms with Crippen LogP contribution in [0.1, 0.15) is 41.2 Å². The number of aliphatic imine (C=N–C) groups is 1. The number of fused-ring (bicyclic) bond motifs is 3. The van der Waals surface area contributed by atoms with E-state index in [1.807, 2.05) is 18.3 Å². The lowest BCUT2D eigenvalue weighted by atomic mass is 9.74. The number of benzene rings is 1. The number of aryl methyl sites for hydroxylation is 1. The van der Waals surface area contributed by atoms with Crippen LogP contribution >= 0.6 is 11.3 Å². The average Bonchev–Trinajstić information content (AvgIpc) is 3.12. The van der Waals surface area contributed by atoms with E-state index in [1.165, 1.54) is 4.88 Å². The van der Waals surface area contributed by atoms with E-state index in [2.05, 4.69) is 48.0 Å². The molecule has 5 rings (SSSR count). The minimum absolute atomic E-state index is 0.236. The molecule has 136 valence electrons. The highest BCUT2D eigenvalue weighted by Gasteiger charge is 2.48. The van der Waals surface area contributed by atoms with E-state index in [9.17, 15) is 4.79 Å². The van der Waals surface area contributed by atoms with Gasteiger partial charge < -0.3 is 4.90 Å². The van der Waals surface area contributed by atoms with E-state index >= 15 is 0 Å². The molecule has 1 fully saturated rings. The largest absolute Gasteiger partial charge is 0.329 e. The number of hydrogen-bond acceptors (Lipinski definition) is 5. The van der Waals surface area contributed by atoms with Gasteiger partial charge in [0.1, 0.15) is 5.84 Å². The zero-order valence-corrected chi connectivity index (χ0v) is 16.3. The number of hydrogen-bond donors (Lipinski definition) is 0. The Labute approximate surface area is 162 Å². The number of nitrogens with zero attached hydrogens (tertiary/aromatic N) is 3. The maximum absolute atomic E-state index is 13.4. The highest BCUT2D eigenvalue weighted by molar-refractivity contribution is 7.14. The van der Waals surface area contributed by atoms with Crippen molar-refractivity contribution in [1.29, 1.82) is 0 Å². The zero-order chi connectivity index (χ0) is 18.6. The number of thiophene rings is 1. The number of rotatable bonds is 2. The summed E-state index contributed by atoms with van der Waals surface area (Å²) in [6, 6.07) is 12.4. The third-order valence-electron chi connectivity index (χ3n) is 5.75. The van der Waals surface area contributed by atoms with Gasteiger partial charge in [0, 0.05) is 28.7 Å². The van der Waals surface area contributed by atoms with E-state index in [-0.39, 0.29) is 5.78 Å². The van der Waals surface area contributed by atoms with Gasteiger partial charge in [-0.1, -0.05) is 13.0 Å². The number of piperidine rings is 1. The molecule has 5 heteroatoms. The summed E-state index contributed by atoms with van der Waals surface area (Å²) in [7, 11) is 0. The molecule has 0 unspecified atom stereocenters. The number of carbonyl (C=O) groups is 1. The molecule has 0 aliphatic carbocycles. The minimum atomic E-state index is -0.537. The van der Waals surface area contributed by atoms with E-state index < -0.39 is 5.41 Å². The monoisotopic (exact) mass is 375 g/mol. The number of pyridine rings is 1. The fraction of sp³-hybridized carbons (Fsp3) is 0.318. The second-order valence-electron chi connectivity index (χ2n) is 7.51. The summed E-state index contributed by atoms with van der Waals surface area (Å²) in [4.78, 5) is 27.1. The fourth-order valence-electron chi connectivity index (χ4n) is 4.20. The summed E-state index contributed by atoms with van der Waals surface area (Å²) < 4.78 is 0. The van der Waals surface area contributed by atoms with Crippen molar-refractivity contribution in [3.63, 3.8) is 0 Å². The first-order chi connectivity index (χ1) is 13.1. The van der Waals surface area contributed by atoms with Crippen molar-refractivity contribution >= 4 is 45.2 Å². The Balaban J connectivity index is 1.66. The number of anilines is 1. The van der Waals surface area contributed by atoms with Crippen LogP contribution in [0.5, 0.6) is 0 Å². The van der Waals surface area contributed by atoms with Gasteiger partial charge in [-0.15, -0.1) is 11.3 Å². The van der Waals surface area contributed by atoms with Gasteiger partial charge in [0.15, 0.2) is 5.78 Å². The molecule has 0 saturated carbocycles. The quantitative estimate of drug-likeness (QED) is 0.603. The van der Waals surface area contributed by atoms with Gasteiger partial charge in [-0.25, -0.2) is 4.99 Å². The molecule has 3 aromatic rings. The number of carbonyl (C=O) groups excluding carboxylic acids is 1. The molecule has 1 saturated heterocycles. The average molecular weight is 375 g/mol. The standard InChI is InChI=1S/C22H21N3OS/c1-3-16-13-18-19(27-16)20(26)22(2)9-5-11-25(21(22)24-18)15-7-8-17-14(12-15)6-4-10-23-17/h4,6-8,10,12-13H,3,5,9,11H2,1-2H3/t22-/m0/s1. The molecule has 1 atom stereocenters. The van der Waals surface area contributed by atoms with Gasteiger partial charge in [-0.05, 0) is 56.5 Å². The normalized spacial score (nSPS) is 21.8. The summed E-state index contributed by atoms with van der Waals surface area (Å²) in [5, 5.41) is 1.11. The molecule has 4 heterocycles. The smallest absolute Gasteiger partial charge is 0.188 e. The molecule has 0 amide bonds. The summed E-state index contributed by atoms with van der Waals surface area (Å²) >= 11 is 1.61. The summed E-state index contributed by atoms with van der Waals surface area (Å²) in [6.45, 7) is 5.07. The fourth-order valence-corrected chi connectivity index (χ4v) is 5.31. The molecule has 4 nitrogen and oxygen atoms in total. The topological polar surface area (TPSA) is 45.6 Å². The van der Waals surface area contributed by atoms with Gasteiger partial charge in [0.25, 0.3) is 0 Å². The number of amidine groups is 1. The summed E-state index contributed by atoms with van der Waals surface area (Å²) in [6.07, 6.45) is 4.59. The van der Waals surface area contributed by atoms with Crippen LogP contribution in [0.4, 0.5) is 11.4 Å². The van der Waals surface area contributed by atoms with Gasteiger partial charge in [-0.2, -0.15) is 0 Å². The Kier molecular flexibility index (Phi) is 3.69. The maximum Gasteiger partial charge on any atom is 0.188 e. The second kappa shape index (κ2) is 5.99. The lowest BCUT2D eigenvalue weighted by Crippen LogP contribution is -2.52. The van der Waals surface area contributed by atoms with Crippen LogP contribution in [-0.2, 0) is 6.42 Å².